The van der Waals surface area contributed by atoms with Crippen molar-refractivity contribution in [3.63, 3.8) is 0 Å². The zero-order chi connectivity index (χ0) is 14.4. The lowest BCUT2D eigenvalue weighted by Gasteiger charge is -2.12. The van der Waals surface area contributed by atoms with Gasteiger partial charge < -0.3 is 15.5 Å². The van der Waals surface area contributed by atoms with Crippen LogP contribution in [0.1, 0.15) is 11.1 Å². The molecule has 106 valence electrons. The number of benzene rings is 1. The Morgan fingerprint density at radius 3 is 2.74 bits per heavy atom. The van der Waals surface area contributed by atoms with Crippen molar-refractivity contribution in [2.75, 3.05) is 23.4 Å². The van der Waals surface area contributed by atoms with Gasteiger partial charge in [-0.05, 0) is 31.0 Å². The van der Waals surface area contributed by atoms with Crippen LogP contribution < -0.4 is 5.32 Å². The van der Waals surface area contributed by atoms with Gasteiger partial charge in [0, 0.05) is 5.75 Å². The van der Waals surface area contributed by atoms with Crippen LogP contribution in [0, 0.1) is 13.8 Å². The van der Waals surface area contributed by atoms with Crippen LogP contribution in [0.25, 0.3) is 0 Å². The molecule has 0 fully saturated rings. The summed E-state index contributed by atoms with van der Waals surface area (Å²) in [5.41, 5.74) is 2.58. The van der Waals surface area contributed by atoms with E-state index in [-0.39, 0.29) is 18.3 Å². The molecule has 1 aromatic carbocycles. The van der Waals surface area contributed by atoms with Crippen LogP contribution in [-0.4, -0.2) is 40.3 Å². The maximum atomic E-state index is 11.7. The van der Waals surface area contributed by atoms with E-state index in [0.717, 1.165) is 11.1 Å². The van der Waals surface area contributed by atoms with E-state index in [9.17, 15) is 4.79 Å². The smallest absolute Gasteiger partial charge is 0.234 e. The minimum atomic E-state index is -0.789. The van der Waals surface area contributed by atoms with Crippen LogP contribution in [0.4, 0.5) is 5.69 Å². The Balaban J connectivity index is 2.53. The highest BCUT2D eigenvalue weighted by Gasteiger charge is 2.10. The third-order valence-corrected chi connectivity index (χ3v) is 3.84. The monoisotopic (exact) mass is 303 g/mol. The Labute approximate surface area is 122 Å². The van der Waals surface area contributed by atoms with Crippen molar-refractivity contribution in [1.29, 1.82) is 0 Å². The first kappa shape index (κ1) is 16.3. The molecule has 1 amide bonds. The molecule has 3 N–H and O–H groups in total. The summed E-state index contributed by atoms with van der Waals surface area (Å²) in [6.07, 6.45) is -0.789. The van der Waals surface area contributed by atoms with Gasteiger partial charge in [-0.15, -0.1) is 11.8 Å². The van der Waals surface area contributed by atoms with E-state index in [4.69, 9.17) is 21.8 Å². The molecule has 0 saturated carbocycles. The molecule has 0 saturated heterocycles. The van der Waals surface area contributed by atoms with Crippen LogP contribution in [-0.2, 0) is 4.79 Å². The predicted octanol–water partition coefficient (Wildman–Crippen LogP) is 1.98. The standard InChI is InChI=1S/C13H18ClNO3S/c1-8-3-9(2)13(11(14)4-8)15-12(18)7-19-6-10(17)5-16/h3-4,10,16-17H,5-7H2,1-2H3,(H,15,18). The highest BCUT2D eigenvalue weighted by molar-refractivity contribution is 8.00. The Bertz CT molecular complexity index is 431. The van der Waals surface area contributed by atoms with Gasteiger partial charge in [0.1, 0.15) is 0 Å². The summed E-state index contributed by atoms with van der Waals surface area (Å²) in [6.45, 7) is 3.53. The number of hydrogen-bond acceptors (Lipinski definition) is 4. The zero-order valence-electron chi connectivity index (χ0n) is 10.9. The predicted molar refractivity (Wildman–Crippen MR) is 80.0 cm³/mol. The number of halogens is 1. The quantitative estimate of drug-likeness (QED) is 0.751. The lowest BCUT2D eigenvalue weighted by atomic mass is 10.1. The van der Waals surface area contributed by atoms with Crippen LogP contribution in [0.2, 0.25) is 5.02 Å². The van der Waals surface area contributed by atoms with Crippen LogP contribution >= 0.6 is 23.4 Å². The van der Waals surface area contributed by atoms with Crippen LogP contribution in [0.15, 0.2) is 12.1 Å². The second kappa shape index (κ2) is 7.75. The first-order chi connectivity index (χ1) is 8.93. The van der Waals surface area contributed by atoms with Gasteiger partial charge in [-0.1, -0.05) is 17.7 Å². The lowest BCUT2D eigenvalue weighted by Crippen LogP contribution is -2.19. The van der Waals surface area contributed by atoms with E-state index in [1.807, 2.05) is 19.9 Å². The SMILES string of the molecule is Cc1cc(C)c(NC(=O)CSCC(O)CO)c(Cl)c1. The lowest BCUT2D eigenvalue weighted by molar-refractivity contribution is -0.113. The van der Waals surface area contributed by atoms with E-state index in [1.165, 1.54) is 11.8 Å². The minimum absolute atomic E-state index is 0.177. The molecule has 1 aromatic rings. The Morgan fingerprint density at radius 1 is 1.47 bits per heavy atom. The molecule has 1 rings (SSSR count). The van der Waals surface area contributed by atoms with Gasteiger partial charge in [0.2, 0.25) is 5.91 Å². The largest absolute Gasteiger partial charge is 0.394 e. The molecule has 0 aliphatic carbocycles. The van der Waals surface area contributed by atoms with Gasteiger partial charge in [0.05, 0.1) is 29.2 Å². The maximum Gasteiger partial charge on any atom is 0.234 e. The second-order valence-corrected chi connectivity index (χ2v) is 5.78. The summed E-state index contributed by atoms with van der Waals surface area (Å²) in [6, 6.07) is 3.75. The molecule has 0 aromatic heterocycles. The van der Waals surface area contributed by atoms with Gasteiger partial charge in [-0.3, -0.25) is 4.79 Å². The van der Waals surface area contributed by atoms with E-state index < -0.39 is 6.10 Å². The number of carbonyl (C=O) groups is 1. The molecule has 0 spiro atoms. The minimum Gasteiger partial charge on any atom is -0.394 e. The highest BCUT2D eigenvalue weighted by Crippen LogP contribution is 2.27. The Hall–Kier alpha value is -0.750. The third-order valence-electron chi connectivity index (χ3n) is 2.45. The number of amides is 1. The van der Waals surface area contributed by atoms with E-state index in [2.05, 4.69) is 5.32 Å². The fraction of sp³-hybridized carbons (Fsp3) is 0.462. The summed E-state index contributed by atoms with van der Waals surface area (Å²) in [4.78, 5) is 11.7. The molecule has 0 bridgehead atoms. The highest BCUT2D eigenvalue weighted by atomic mass is 35.5. The molecule has 6 heteroatoms. The average molecular weight is 304 g/mol. The molecule has 0 heterocycles. The number of carbonyl (C=O) groups excluding carboxylic acids is 1. The first-order valence-corrected chi connectivity index (χ1v) is 7.40. The average Bonchev–Trinajstić information content (AvgIpc) is 2.33. The summed E-state index contributed by atoms with van der Waals surface area (Å²) >= 11 is 7.35. The summed E-state index contributed by atoms with van der Waals surface area (Å²) in [5.74, 6) is 0.356. The first-order valence-electron chi connectivity index (χ1n) is 5.87. The molecule has 1 unspecified atom stereocenters. The molecule has 1 atom stereocenters. The van der Waals surface area contributed by atoms with Crippen molar-refractivity contribution in [2.24, 2.45) is 0 Å². The van der Waals surface area contributed by atoms with E-state index in [0.29, 0.717) is 16.5 Å². The van der Waals surface area contributed by atoms with Gasteiger partial charge in [-0.25, -0.2) is 0 Å². The molecule has 4 nitrogen and oxygen atoms in total. The number of nitrogens with one attached hydrogen (secondary N) is 1. The summed E-state index contributed by atoms with van der Waals surface area (Å²) < 4.78 is 0. The van der Waals surface area contributed by atoms with Crippen molar-refractivity contribution >= 4 is 35.0 Å². The van der Waals surface area contributed by atoms with Gasteiger partial charge >= 0.3 is 0 Å². The zero-order valence-corrected chi connectivity index (χ0v) is 12.5. The van der Waals surface area contributed by atoms with E-state index in [1.54, 1.807) is 6.07 Å². The summed E-state index contributed by atoms with van der Waals surface area (Å²) in [7, 11) is 0. The Kier molecular flexibility index (Phi) is 6.65. The number of anilines is 1. The number of thioether (sulfide) groups is 1. The normalized spacial score (nSPS) is 12.3. The van der Waals surface area contributed by atoms with Crippen molar-refractivity contribution in [3.8, 4) is 0 Å². The summed E-state index contributed by atoms with van der Waals surface area (Å²) in [5, 5.41) is 21.1. The van der Waals surface area contributed by atoms with Crippen molar-refractivity contribution in [3.05, 3.63) is 28.3 Å². The number of rotatable bonds is 6. The second-order valence-electron chi connectivity index (χ2n) is 4.34. The number of aliphatic hydroxyl groups excluding tert-OH is 2. The molecule has 0 aliphatic rings. The van der Waals surface area contributed by atoms with Crippen LogP contribution in [0.5, 0.6) is 0 Å². The topological polar surface area (TPSA) is 69.6 Å². The van der Waals surface area contributed by atoms with Crippen LogP contribution in [0.3, 0.4) is 0 Å². The molecular formula is C13H18ClNO3S. The number of aliphatic hydroxyl groups is 2. The number of aryl methyl sites for hydroxylation is 2. The number of hydrogen-bond donors (Lipinski definition) is 3. The molecule has 0 radical (unpaired) electrons. The molecular weight excluding hydrogens is 286 g/mol. The maximum absolute atomic E-state index is 11.7. The Morgan fingerprint density at radius 2 is 2.16 bits per heavy atom. The van der Waals surface area contributed by atoms with E-state index >= 15 is 0 Å². The fourth-order valence-electron chi connectivity index (χ4n) is 1.59. The third kappa shape index (κ3) is 5.40. The van der Waals surface area contributed by atoms with Gasteiger partial charge in [0.15, 0.2) is 0 Å². The van der Waals surface area contributed by atoms with Crippen molar-refractivity contribution in [1.82, 2.24) is 0 Å². The molecule has 19 heavy (non-hydrogen) atoms. The molecule has 0 aliphatic heterocycles. The van der Waals surface area contributed by atoms with Crippen molar-refractivity contribution in [2.45, 2.75) is 20.0 Å². The fourth-order valence-corrected chi connectivity index (χ4v) is 2.71. The van der Waals surface area contributed by atoms with Gasteiger partial charge in [-0.2, -0.15) is 0 Å². The van der Waals surface area contributed by atoms with Gasteiger partial charge in [0.25, 0.3) is 0 Å². The van der Waals surface area contributed by atoms with Crippen molar-refractivity contribution < 1.29 is 15.0 Å².